The lowest BCUT2D eigenvalue weighted by Crippen LogP contribution is -2.20. The Hall–Kier alpha value is -1.06. The summed E-state index contributed by atoms with van der Waals surface area (Å²) in [5, 5.41) is 0. The van der Waals surface area contributed by atoms with Gasteiger partial charge in [-0.25, -0.2) is 0 Å². The Morgan fingerprint density at radius 3 is 2.14 bits per heavy atom. The first-order chi connectivity index (χ1) is 6.30. The average Bonchev–Trinajstić information content (AvgIpc) is 2.10. The van der Waals surface area contributed by atoms with Gasteiger partial charge in [-0.3, -0.25) is 4.79 Å². The summed E-state index contributed by atoms with van der Waals surface area (Å²) in [5.74, 6) is -1.08. The number of rotatable bonds is 5. The Morgan fingerprint density at radius 2 is 1.79 bits per heavy atom. The van der Waals surface area contributed by atoms with Crippen molar-refractivity contribution in [2.75, 3.05) is 0 Å². The SMILES string of the molecule is C=C(CCCC)C(=O)C(=C)C(F)(F)F. The monoisotopic (exact) mass is 206 g/mol. The van der Waals surface area contributed by atoms with Crippen LogP contribution in [0.2, 0.25) is 0 Å². The first-order valence-electron chi connectivity index (χ1n) is 4.29. The molecule has 0 aromatic heterocycles. The lowest BCUT2D eigenvalue weighted by molar-refractivity contribution is -0.125. The van der Waals surface area contributed by atoms with Crippen LogP contribution in [0.4, 0.5) is 13.2 Å². The zero-order chi connectivity index (χ0) is 11.4. The molecule has 0 bridgehead atoms. The number of carbonyl (C=O) groups is 1. The number of Topliss-reactive ketones (excluding diaryl/α,β-unsaturated/α-hetero) is 1. The van der Waals surface area contributed by atoms with Gasteiger partial charge in [-0.1, -0.05) is 26.5 Å². The molecule has 0 saturated carbocycles. The topological polar surface area (TPSA) is 17.1 Å². The molecule has 0 atom stereocenters. The second-order valence-electron chi connectivity index (χ2n) is 3.01. The van der Waals surface area contributed by atoms with Crippen molar-refractivity contribution in [2.45, 2.75) is 32.4 Å². The maximum Gasteiger partial charge on any atom is 0.419 e. The summed E-state index contributed by atoms with van der Waals surface area (Å²) in [5.41, 5.74) is -1.35. The van der Waals surface area contributed by atoms with Crippen molar-refractivity contribution in [3.05, 3.63) is 24.3 Å². The molecule has 4 heteroatoms. The van der Waals surface area contributed by atoms with Crippen molar-refractivity contribution < 1.29 is 18.0 Å². The number of carbonyl (C=O) groups excluding carboxylic acids is 1. The predicted octanol–water partition coefficient (Wildman–Crippen LogP) is 3.42. The molecule has 0 aromatic rings. The number of hydrogen-bond donors (Lipinski definition) is 0. The molecule has 0 spiro atoms. The minimum atomic E-state index is -4.65. The predicted molar refractivity (Wildman–Crippen MR) is 48.9 cm³/mol. The number of hydrogen-bond acceptors (Lipinski definition) is 1. The van der Waals surface area contributed by atoms with Crippen molar-refractivity contribution in [1.29, 1.82) is 0 Å². The largest absolute Gasteiger partial charge is 0.419 e. The molecule has 0 aliphatic rings. The van der Waals surface area contributed by atoms with Crippen molar-refractivity contribution >= 4 is 5.78 Å². The first-order valence-corrected chi connectivity index (χ1v) is 4.29. The van der Waals surface area contributed by atoms with E-state index in [0.717, 1.165) is 6.42 Å². The molecule has 0 unspecified atom stereocenters. The van der Waals surface area contributed by atoms with E-state index >= 15 is 0 Å². The lowest BCUT2D eigenvalue weighted by atomic mass is 10.0. The van der Waals surface area contributed by atoms with Gasteiger partial charge >= 0.3 is 6.18 Å². The zero-order valence-corrected chi connectivity index (χ0v) is 8.08. The summed E-state index contributed by atoms with van der Waals surface area (Å²) in [6.07, 6.45) is -2.88. The quantitative estimate of drug-likeness (QED) is 0.630. The van der Waals surface area contributed by atoms with Crippen LogP contribution in [-0.4, -0.2) is 12.0 Å². The fraction of sp³-hybridized carbons (Fsp3) is 0.500. The normalized spacial score (nSPS) is 11.1. The van der Waals surface area contributed by atoms with Gasteiger partial charge in [0.2, 0.25) is 0 Å². The maximum absolute atomic E-state index is 12.0. The van der Waals surface area contributed by atoms with Crippen molar-refractivity contribution in [1.82, 2.24) is 0 Å². The van der Waals surface area contributed by atoms with E-state index in [9.17, 15) is 18.0 Å². The Bertz CT molecular complexity index is 251. The zero-order valence-electron chi connectivity index (χ0n) is 8.08. The molecule has 0 aliphatic heterocycles. The molecule has 0 saturated heterocycles. The van der Waals surface area contributed by atoms with Crippen LogP contribution in [0, 0.1) is 0 Å². The third kappa shape index (κ3) is 3.77. The summed E-state index contributed by atoms with van der Waals surface area (Å²) < 4.78 is 36.1. The average molecular weight is 206 g/mol. The summed E-state index contributed by atoms with van der Waals surface area (Å²) in [6, 6.07) is 0. The van der Waals surface area contributed by atoms with Crippen LogP contribution in [0.15, 0.2) is 24.3 Å². The number of unbranched alkanes of at least 4 members (excludes halogenated alkanes) is 1. The standard InChI is InChI=1S/C10H13F3O/c1-4-5-6-7(2)9(14)8(3)10(11,12)13/h2-6H2,1H3. The molecule has 0 heterocycles. The smallest absolute Gasteiger partial charge is 0.289 e. The van der Waals surface area contributed by atoms with E-state index in [-0.39, 0.29) is 5.57 Å². The molecule has 0 fully saturated rings. The van der Waals surface area contributed by atoms with Crippen LogP contribution in [0.1, 0.15) is 26.2 Å². The fourth-order valence-electron chi connectivity index (χ4n) is 0.846. The van der Waals surface area contributed by atoms with Gasteiger partial charge in [0, 0.05) is 0 Å². The van der Waals surface area contributed by atoms with E-state index in [1.54, 1.807) is 0 Å². The second kappa shape index (κ2) is 4.98. The van der Waals surface area contributed by atoms with Crippen molar-refractivity contribution in [3.8, 4) is 0 Å². The van der Waals surface area contributed by atoms with E-state index in [1.165, 1.54) is 0 Å². The molecule has 14 heavy (non-hydrogen) atoms. The minimum Gasteiger partial charge on any atom is -0.289 e. The fourth-order valence-corrected chi connectivity index (χ4v) is 0.846. The van der Waals surface area contributed by atoms with Gasteiger partial charge in [-0.2, -0.15) is 13.2 Å². The highest BCUT2D eigenvalue weighted by Crippen LogP contribution is 2.27. The first kappa shape index (κ1) is 12.9. The summed E-state index contributed by atoms with van der Waals surface area (Å²) in [6.45, 7) is 7.92. The molecule has 0 radical (unpaired) electrons. The second-order valence-corrected chi connectivity index (χ2v) is 3.01. The van der Waals surface area contributed by atoms with Crippen LogP contribution < -0.4 is 0 Å². The van der Waals surface area contributed by atoms with E-state index in [4.69, 9.17) is 0 Å². The third-order valence-corrected chi connectivity index (χ3v) is 1.77. The Morgan fingerprint density at radius 1 is 1.29 bits per heavy atom. The van der Waals surface area contributed by atoms with E-state index < -0.39 is 17.5 Å². The minimum absolute atomic E-state index is 0.0193. The summed E-state index contributed by atoms with van der Waals surface area (Å²) >= 11 is 0. The molecule has 0 N–H and O–H groups in total. The molecule has 0 aliphatic carbocycles. The van der Waals surface area contributed by atoms with Gasteiger partial charge in [0.05, 0.1) is 5.57 Å². The van der Waals surface area contributed by atoms with Crippen LogP contribution in [-0.2, 0) is 4.79 Å². The highest BCUT2D eigenvalue weighted by Gasteiger charge is 2.37. The number of ketones is 1. The van der Waals surface area contributed by atoms with E-state index in [0.29, 0.717) is 12.8 Å². The summed E-state index contributed by atoms with van der Waals surface area (Å²) in [7, 11) is 0. The Labute approximate surface area is 81.3 Å². The highest BCUT2D eigenvalue weighted by atomic mass is 19.4. The van der Waals surface area contributed by atoms with Gasteiger partial charge in [-0.05, 0) is 18.4 Å². The lowest BCUT2D eigenvalue weighted by Gasteiger charge is -2.10. The van der Waals surface area contributed by atoms with Gasteiger partial charge in [0.15, 0.2) is 5.78 Å². The van der Waals surface area contributed by atoms with Gasteiger partial charge in [0.25, 0.3) is 0 Å². The van der Waals surface area contributed by atoms with E-state index in [2.05, 4.69) is 13.2 Å². The molecule has 80 valence electrons. The Balaban J connectivity index is 4.34. The molecule has 0 aromatic carbocycles. The summed E-state index contributed by atoms with van der Waals surface area (Å²) in [4.78, 5) is 11.1. The number of alkyl halides is 3. The van der Waals surface area contributed by atoms with E-state index in [1.807, 2.05) is 6.92 Å². The third-order valence-electron chi connectivity index (χ3n) is 1.77. The van der Waals surface area contributed by atoms with Crippen molar-refractivity contribution in [2.24, 2.45) is 0 Å². The maximum atomic E-state index is 12.0. The van der Waals surface area contributed by atoms with Gasteiger partial charge in [-0.15, -0.1) is 0 Å². The van der Waals surface area contributed by atoms with Crippen molar-refractivity contribution in [3.63, 3.8) is 0 Å². The van der Waals surface area contributed by atoms with Crippen LogP contribution in [0.3, 0.4) is 0 Å². The number of halogens is 3. The molecular weight excluding hydrogens is 193 g/mol. The van der Waals surface area contributed by atoms with Gasteiger partial charge < -0.3 is 0 Å². The van der Waals surface area contributed by atoms with Crippen LogP contribution in [0.5, 0.6) is 0 Å². The van der Waals surface area contributed by atoms with Gasteiger partial charge in [0.1, 0.15) is 0 Å². The molecule has 0 rings (SSSR count). The molecule has 1 nitrogen and oxygen atoms in total. The molecular formula is C10H13F3O. The highest BCUT2D eigenvalue weighted by molar-refractivity contribution is 6.08. The molecule has 0 amide bonds. The Kier molecular flexibility index (Phi) is 4.60. The van der Waals surface area contributed by atoms with Crippen LogP contribution >= 0.6 is 0 Å². The number of allylic oxidation sites excluding steroid dienone is 2. The van der Waals surface area contributed by atoms with Crippen LogP contribution in [0.25, 0.3) is 0 Å².